The molecule has 0 aromatic carbocycles. The number of rotatable bonds is 43. The molecule has 0 amide bonds. The van der Waals surface area contributed by atoms with Crippen molar-refractivity contribution < 1.29 is 58.2 Å². The lowest BCUT2D eigenvalue weighted by Gasteiger charge is -2.40. The van der Waals surface area contributed by atoms with Crippen molar-refractivity contribution in [2.45, 2.75) is 250 Å². The molecular weight excluding hydrogens is 853 g/mol. The normalized spacial score (nSPS) is 19.3. The zero-order valence-corrected chi connectivity index (χ0v) is 41.9. The fourth-order valence-electron chi connectivity index (χ4n) is 7.54. The third-order valence-electron chi connectivity index (χ3n) is 11.6. The van der Waals surface area contributed by atoms with Gasteiger partial charge in [0.1, 0.15) is 18.8 Å². The number of carbonyl (C=O) groups is 4. The molecule has 6 atom stereocenters. The maximum atomic E-state index is 13.0. The van der Waals surface area contributed by atoms with E-state index in [1.807, 2.05) is 0 Å². The summed E-state index contributed by atoms with van der Waals surface area (Å²) in [6.07, 6.45) is 39.3. The van der Waals surface area contributed by atoms with Crippen LogP contribution in [0.25, 0.3) is 0 Å². The molecule has 384 valence electrons. The van der Waals surface area contributed by atoms with Crippen molar-refractivity contribution in [2.75, 3.05) is 13.2 Å². The molecule has 12 nitrogen and oxygen atoms in total. The molecule has 0 aliphatic carbocycles. The Labute approximate surface area is 405 Å². The Kier molecular flexibility index (Phi) is 40.1. The first-order chi connectivity index (χ1) is 32.6. The highest BCUT2D eigenvalue weighted by atomic mass is 16.7. The van der Waals surface area contributed by atoms with Crippen LogP contribution in [0.3, 0.4) is 0 Å². The highest BCUT2D eigenvalue weighted by Crippen LogP contribution is 2.26. The van der Waals surface area contributed by atoms with Crippen molar-refractivity contribution >= 4 is 23.9 Å². The number of carbonyl (C=O) groups excluding carboxylic acids is 3. The highest BCUT2D eigenvalue weighted by Gasteiger charge is 2.50. The van der Waals surface area contributed by atoms with Gasteiger partial charge in [-0.25, -0.2) is 4.79 Å². The fraction of sp³-hybridized carbons (Fsp3) is 0.745. The van der Waals surface area contributed by atoms with Crippen molar-refractivity contribution in [3.05, 3.63) is 60.8 Å². The zero-order chi connectivity index (χ0) is 49.0. The van der Waals surface area contributed by atoms with Crippen LogP contribution >= 0.6 is 0 Å². The highest BCUT2D eigenvalue weighted by molar-refractivity contribution is 5.74. The number of carboxylic acid groups (broad SMARTS) is 1. The maximum Gasteiger partial charge on any atom is 0.335 e. The molecule has 67 heavy (non-hydrogen) atoms. The third-order valence-corrected chi connectivity index (χ3v) is 11.6. The molecule has 3 N–H and O–H groups in total. The van der Waals surface area contributed by atoms with Crippen molar-refractivity contribution in [2.24, 2.45) is 0 Å². The summed E-state index contributed by atoms with van der Waals surface area (Å²) in [7, 11) is 0. The summed E-state index contributed by atoms with van der Waals surface area (Å²) in [6.45, 7) is 5.74. The van der Waals surface area contributed by atoms with Crippen molar-refractivity contribution in [3.63, 3.8) is 0 Å². The summed E-state index contributed by atoms with van der Waals surface area (Å²) >= 11 is 0. The standard InChI is InChI=1S/C55H92O12/c1-4-7-10-13-16-19-21-23-24-26-28-31-34-37-40-43-49(58)66-53-51(60)50(59)52(54(61)62)67-55(53)64-45-46(65-48(57)42-39-36-33-29-18-15-12-9-6-3)44-63-47(56)41-38-35-32-30-27-25-22-20-17-14-11-8-5-2/h7,10-11,14,16,19-20,22-24,46,50-53,55,59-60H,4-6,8-9,12-13,15,17-18,21,25-45H2,1-3H3,(H,61,62)/b10-7-,14-11-,19-16-,22-20-,24-23-. The molecule has 12 heteroatoms. The SMILES string of the molecule is CC/C=C\C/C=C\C/C=C\CCCCCCCC(=O)OC1C(OCC(COC(=O)CCCCCCC/C=C\C/C=C\CCC)OC(=O)CCCCCCCCCCC)OC(C(=O)O)C(O)C1O. The Balaban J connectivity index is 2.72. The molecule has 0 spiro atoms. The average molecular weight is 945 g/mol. The predicted molar refractivity (Wildman–Crippen MR) is 266 cm³/mol. The third kappa shape index (κ3) is 34.4. The van der Waals surface area contributed by atoms with Crippen LogP contribution in [0, 0.1) is 0 Å². The van der Waals surface area contributed by atoms with E-state index in [1.165, 1.54) is 32.1 Å². The van der Waals surface area contributed by atoms with E-state index >= 15 is 0 Å². The van der Waals surface area contributed by atoms with Crippen LogP contribution in [0.1, 0.15) is 213 Å². The Morgan fingerprint density at radius 2 is 0.970 bits per heavy atom. The predicted octanol–water partition coefficient (Wildman–Crippen LogP) is 12.4. The Bertz CT molecular complexity index is 1400. The van der Waals surface area contributed by atoms with Gasteiger partial charge in [-0.3, -0.25) is 14.4 Å². The van der Waals surface area contributed by atoms with Crippen molar-refractivity contribution in [3.8, 4) is 0 Å². The molecule has 1 fully saturated rings. The summed E-state index contributed by atoms with van der Waals surface area (Å²) in [5.41, 5.74) is 0. The summed E-state index contributed by atoms with van der Waals surface area (Å²) in [5, 5.41) is 31.3. The molecular formula is C55H92O12. The molecule has 0 saturated carbocycles. The number of carboxylic acids is 1. The van der Waals surface area contributed by atoms with E-state index in [-0.39, 0.29) is 25.9 Å². The van der Waals surface area contributed by atoms with E-state index in [1.54, 1.807) is 0 Å². The average Bonchev–Trinajstić information content (AvgIpc) is 3.31. The summed E-state index contributed by atoms with van der Waals surface area (Å²) in [6, 6.07) is 0. The van der Waals surface area contributed by atoms with Gasteiger partial charge in [-0.1, -0.05) is 178 Å². The van der Waals surface area contributed by atoms with Gasteiger partial charge in [-0.15, -0.1) is 0 Å². The maximum absolute atomic E-state index is 13.0. The minimum absolute atomic E-state index is 0.0394. The quantitative estimate of drug-likeness (QED) is 0.0229. The van der Waals surface area contributed by atoms with E-state index in [0.717, 1.165) is 122 Å². The molecule has 6 unspecified atom stereocenters. The van der Waals surface area contributed by atoms with Gasteiger partial charge in [0.05, 0.1) is 6.61 Å². The van der Waals surface area contributed by atoms with Crippen LogP contribution in [0.2, 0.25) is 0 Å². The number of esters is 3. The number of hydrogen-bond acceptors (Lipinski definition) is 11. The van der Waals surface area contributed by atoms with E-state index in [2.05, 4.69) is 81.5 Å². The molecule has 0 aromatic heterocycles. The van der Waals surface area contributed by atoms with Crippen molar-refractivity contribution in [1.29, 1.82) is 0 Å². The minimum atomic E-state index is -1.91. The minimum Gasteiger partial charge on any atom is -0.479 e. The number of aliphatic hydroxyl groups excluding tert-OH is 2. The van der Waals surface area contributed by atoms with E-state index in [9.17, 15) is 34.5 Å². The first-order valence-electron chi connectivity index (χ1n) is 26.3. The van der Waals surface area contributed by atoms with E-state index in [4.69, 9.17) is 23.7 Å². The van der Waals surface area contributed by atoms with Gasteiger partial charge >= 0.3 is 23.9 Å². The molecule has 0 radical (unpaired) electrons. The topological polar surface area (TPSA) is 175 Å². The molecule has 1 aliphatic rings. The monoisotopic (exact) mass is 945 g/mol. The van der Waals surface area contributed by atoms with Crippen LogP contribution in [0.5, 0.6) is 0 Å². The van der Waals surface area contributed by atoms with Crippen LogP contribution in [0.15, 0.2) is 60.8 Å². The van der Waals surface area contributed by atoms with Gasteiger partial charge in [0.25, 0.3) is 0 Å². The number of aliphatic hydroxyl groups is 2. The lowest BCUT2D eigenvalue weighted by molar-refractivity contribution is -0.301. The van der Waals surface area contributed by atoms with Crippen LogP contribution < -0.4 is 0 Å². The molecule has 0 aromatic rings. The first-order valence-corrected chi connectivity index (χ1v) is 26.3. The second-order valence-corrected chi connectivity index (χ2v) is 17.8. The molecule has 1 heterocycles. The Hall–Kier alpha value is -3.58. The van der Waals surface area contributed by atoms with Gasteiger partial charge in [0.15, 0.2) is 24.6 Å². The number of allylic oxidation sites excluding steroid dienone is 10. The molecule has 1 rings (SSSR count). The summed E-state index contributed by atoms with van der Waals surface area (Å²) in [5.74, 6) is -3.16. The van der Waals surface area contributed by atoms with Crippen LogP contribution in [-0.2, 0) is 42.9 Å². The van der Waals surface area contributed by atoms with Gasteiger partial charge < -0.3 is 39.0 Å². The Morgan fingerprint density at radius 1 is 0.507 bits per heavy atom. The smallest absolute Gasteiger partial charge is 0.335 e. The molecule has 1 saturated heterocycles. The summed E-state index contributed by atoms with van der Waals surface area (Å²) < 4.78 is 28.2. The lowest BCUT2D eigenvalue weighted by atomic mass is 9.98. The number of ether oxygens (including phenoxy) is 5. The van der Waals surface area contributed by atoms with E-state index in [0.29, 0.717) is 19.3 Å². The zero-order valence-electron chi connectivity index (χ0n) is 41.9. The van der Waals surface area contributed by atoms with Crippen LogP contribution in [0.4, 0.5) is 0 Å². The molecule has 1 aliphatic heterocycles. The van der Waals surface area contributed by atoms with Crippen LogP contribution in [-0.4, -0.2) is 89.2 Å². The van der Waals surface area contributed by atoms with E-state index < -0.39 is 67.3 Å². The molecule has 0 bridgehead atoms. The lowest BCUT2D eigenvalue weighted by Crippen LogP contribution is -2.61. The Morgan fingerprint density at radius 3 is 1.49 bits per heavy atom. The fourth-order valence-corrected chi connectivity index (χ4v) is 7.54. The summed E-state index contributed by atoms with van der Waals surface area (Å²) in [4.78, 5) is 50.8. The van der Waals surface area contributed by atoms with Gasteiger partial charge in [-0.05, 0) is 77.0 Å². The second kappa shape index (κ2) is 43.7. The number of aliphatic carboxylic acids is 1. The van der Waals surface area contributed by atoms with Gasteiger partial charge in [0.2, 0.25) is 0 Å². The van der Waals surface area contributed by atoms with Gasteiger partial charge in [0, 0.05) is 19.3 Å². The second-order valence-electron chi connectivity index (χ2n) is 17.8. The number of unbranched alkanes of at least 4 members (excludes halogenated alkanes) is 19. The van der Waals surface area contributed by atoms with Crippen molar-refractivity contribution in [1.82, 2.24) is 0 Å². The van der Waals surface area contributed by atoms with Gasteiger partial charge in [-0.2, -0.15) is 0 Å². The number of hydrogen-bond donors (Lipinski definition) is 3. The first kappa shape index (κ1) is 61.4. The largest absolute Gasteiger partial charge is 0.479 e.